The summed E-state index contributed by atoms with van der Waals surface area (Å²) in [5.41, 5.74) is 4.50. The maximum atomic E-state index is 9.08. The fourth-order valence-electron chi connectivity index (χ4n) is 2.59. The largest absolute Gasteiger partial charge is 0.381 e. The molecule has 2 heteroatoms. The van der Waals surface area contributed by atoms with Gasteiger partial charge in [0, 0.05) is 6.04 Å². The Morgan fingerprint density at radius 2 is 1.56 bits per heavy atom. The first-order valence-corrected chi connectivity index (χ1v) is 6.19. The third-order valence-corrected chi connectivity index (χ3v) is 3.46. The number of nitriles is 1. The molecule has 0 aliphatic heterocycles. The van der Waals surface area contributed by atoms with E-state index in [-0.39, 0.29) is 0 Å². The molecule has 1 aliphatic carbocycles. The molecule has 18 heavy (non-hydrogen) atoms. The number of nitrogens with one attached hydrogen (secondary N) is 1. The predicted molar refractivity (Wildman–Crippen MR) is 72.4 cm³/mol. The Bertz CT molecular complexity index is 585. The number of para-hydroxylation sites is 1. The molecule has 0 radical (unpaired) electrons. The van der Waals surface area contributed by atoms with Gasteiger partial charge in [-0.25, -0.2) is 0 Å². The van der Waals surface area contributed by atoms with Gasteiger partial charge in [0.1, 0.15) is 6.07 Å². The van der Waals surface area contributed by atoms with Crippen LogP contribution in [0.15, 0.2) is 48.5 Å². The Labute approximate surface area is 107 Å². The molecule has 0 saturated carbocycles. The smallest absolute Gasteiger partial charge is 0.101 e. The SMILES string of the molecule is N#Cc1ccccc1NC1Cc2ccccc2C1. The highest BCUT2D eigenvalue weighted by molar-refractivity contribution is 5.58. The van der Waals surface area contributed by atoms with Gasteiger partial charge < -0.3 is 5.32 Å². The molecule has 88 valence electrons. The molecule has 0 spiro atoms. The summed E-state index contributed by atoms with van der Waals surface area (Å²) in [4.78, 5) is 0. The molecular formula is C16H14N2. The third-order valence-electron chi connectivity index (χ3n) is 3.46. The summed E-state index contributed by atoms with van der Waals surface area (Å²) < 4.78 is 0. The van der Waals surface area contributed by atoms with Crippen molar-refractivity contribution in [3.05, 3.63) is 65.2 Å². The van der Waals surface area contributed by atoms with Crippen molar-refractivity contribution < 1.29 is 0 Å². The summed E-state index contributed by atoms with van der Waals surface area (Å²) in [5, 5.41) is 12.6. The summed E-state index contributed by atoms with van der Waals surface area (Å²) >= 11 is 0. The number of hydrogen-bond acceptors (Lipinski definition) is 2. The molecule has 0 amide bonds. The van der Waals surface area contributed by atoms with Gasteiger partial charge in [-0.05, 0) is 36.1 Å². The maximum Gasteiger partial charge on any atom is 0.101 e. The Kier molecular flexibility index (Phi) is 2.74. The molecule has 0 bridgehead atoms. The molecule has 2 nitrogen and oxygen atoms in total. The molecule has 0 unspecified atom stereocenters. The van der Waals surface area contributed by atoms with Crippen LogP contribution in [0.25, 0.3) is 0 Å². The van der Waals surface area contributed by atoms with Crippen LogP contribution in [-0.2, 0) is 12.8 Å². The van der Waals surface area contributed by atoms with E-state index in [1.807, 2.05) is 24.3 Å². The number of anilines is 1. The average molecular weight is 234 g/mol. The first kappa shape index (κ1) is 10.9. The Balaban J connectivity index is 1.79. The van der Waals surface area contributed by atoms with Crippen molar-refractivity contribution in [2.45, 2.75) is 18.9 Å². The number of nitrogens with zero attached hydrogens (tertiary/aromatic N) is 1. The monoisotopic (exact) mass is 234 g/mol. The normalized spacial score (nSPS) is 13.9. The number of fused-ring (bicyclic) bond motifs is 1. The standard InChI is InChI=1S/C16H14N2/c17-11-14-7-3-4-8-16(14)18-15-9-12-5-1-2-6-13(12)10-15/h1-8,15,18H,9-10H2. The molecule has 2 aromatic carbocycles. The fraction of sp³-hybridized carbons (Fsp3) is 0.188. The van der Waals surface area contributed by atoms with Crippen molar-refractivity contribution in [2.24, 2.45) is 0 Å². The second-order valence-electron chi connectivity index (χ2n) is 4.68. The van der Waals surface area contributed by atoms with Crippen LogP contribution < -0.4 is 5.32 Å². The summed E-state index contributed by atoms with van der Waals surface area (Å²) in [5.74, 6) is 0. The molecule has 0 fully saturated rings. The second kappa shape index (κ2) is 4.54. The van der Waals surface area contributed by atoms with E-state index in [0.29, 0.717) is 11.6 Å². The highest BCUT2D eigenvalue weighted by Gasteiger charge is 2.21. The van der Waals surface area contributed by atoms with E-state index < -0.39 is 0 Å². The fourth-order valence-corrected chi connectivity index (χ4v) is 2.59. The summed E-state index contributed by atoms with van der Waals surface area (Å²) in [6, 6.07) is 18.9. The lowest BCUT2D eigenvalue weighted by atomic mass is 10.1. The van der Waals surface area contributed by atoms with Crippen molar-refractivity contribution in [2.75, 3.05) is 5.32 Å². The van der Waals surface area contributed by atoms with Crippen molar-refractivity contribution in [3.8, 4) is 6.07 Å². The zero-order valence-electron chi connectivity index (χ0n) is 10.1. The highest BCUT2D eigenvalue weighted by atomic mass is 14.9. The van der Waals surface area contributed by atoms with E-state index in [4.69, 9.17) is 5.26 Å². The van der Waals surface area contributed by atoms with Gasteiger partial charge in [-0.3, -0.25) is 0 Å². The predicted octanol–water partition coefficient (Wildman–Crippen LogP) is 3.14. The quantitative estimate of drug-likeness (QED) is 0.866. The van der Waals surface area contributed by atoms with Gasteiger partial charge in [0.15, 0.2) is 0 Å². The summed E-state index contributed by atoms with van der Waals surface area (Å²) in [6.45, 7) is 0. The highest BCUT2D eigenvalue weighted by Crippen LogP contribution is 2.25. The minimum absolute atomic E-state index is 0.400. The van der Waals surface area contributed by atoms with Gasteiger partial charge in [0.05, 0.1) is 11.3 Å². The number of hydrogen-bond donors (Lipinski definition) is 1. The first-order valence-electron chi connectivity index (χ1n) is 6.19. The van der Waals surface area contributed by atoms with Crippen LogP contribution in [0.3, 0.4) is 0 Å². The van der Waals surface area contributed by atoms with Crippen molar-refractivity contribution in [1.82, 2.24) is 0 Å². The van der Waals surface area contributed by atoms with E-state index in [9.17, 15) is 0 Å². The van der Waals surface area contributed by atoms with Gasteiger partial charge in [-0.15, -0.1) is 0 Å². The lowest BCUT2D eigenvalue weighted by Crippen LogP contribution is -2.20. The molecule has 1 N–H and O–H groups in total. The zero-order valence-corrected chi connectivity index (χ0v) is 10.1. The van der Waals surface area contributed by atoms with Gasteiger partial charge in [0.25, 0.3) is 0 Å². The second-order valence-corrected chi connectivity index (χ2v) is 4.68. The average Bonchev–Trinajstić information content (AvgIpc) is 2.81. The summed E-state index contributed by atoms with van der Waals surface area (Å²) in [7, 11) is 0. The van der Waals surface area contributed by atoms with Crippen molar-refractivity contribution in [1.29, 1.82) is 5.26 Å². The third kappa shape index (κ3) is 1.96. The Morgan fingerprint density at radius 1 is 0.944 bits per heavy atom. The van der Waals surface area contributed by atoms with Crippen LogP contribution in [0.2, 0.25) is 0 Å². The Morgan fingerprint density at radius 3 is 2.22 bits per heavy atom. The van der Waals surface area contributed by atoms with Crippen molar-refractivity contribution >= 4 is 5.69 Å². The minimum Gasteiger partial charge on any atom is -0.381 e. The molecule has 0 atom stereocenters. The zero-order chi connectivity index (χ0) is 12.4. The summed E-state index contributed by atoms with van der Waals surface area (Å²) in [6.07, 6.45) is 2.08. The van der Waals surface area contributed by atoms with Crippen LogP contribution in [0.1, 0.15) is 16.7 Å². The van der Waals surface area contributed by atoms with E-state index in [1.54, 1.807) is 0 Å². The van der Waals surface area contributed by atoms with Gasteiger partial charge in [-0.2, -0.15) is 5.26 Å². The Hall–Kier alpha value is -2.27. The lowest BCUT2D eigenvalue weighted by Gasteiger charge is -2.14. The lowest BCUT2D eigenvalue weighted by molar-refractivity contribution is 0.774. The van der Waals surface area contributed by atoms with E-state index >= 15 is 0 Å². The van der Waals surface area contributed by atoms with Crippen molar-refractivity contribution in [3.63, 3.8) is 0 Å². The number of benzene rings is 2. The molecule has 0 aromatic heterocycles. The van der Waals surface area contributed by atoms with Crippen LogP contribution in [0.5, 0.6) is 0 Å². The molecule has 2 aromatic rings. The molecule has 0 heterocycles. The van der Waals surface area contributed by atoms with Crippen LogP contribution >= 0.6 is 0 Å². The van der Waals surface area contributed by atoms with Crippen LogP contribution in [0.4, 0.5) is 5.69 Å². The maximum absolute atomic E-state index is 9.08. The van der Waals surface area contributed by atoms with Gasteiger partial charge in [0.2, 0.25) is 0 Å². The molecular weight excluding hydrogens is 220 g/mol. The topological polar surface area (TPSA) is 35.8 Å². The first-order chi connectivity index (χ1) is 8.86. The van der Waals surface area contributed by atoms with Gasteiger partial charge in [-0.1, -0.05) is 36.4 Å². The van der Waals surface area contributed by atoms with Gasteiger partial charge >= 0.3 is 0 Å². The molecule has 0 saturated heterocycles. The van der Waals surface area contributed by atoms with E-state index in [2.05, 4.69) is 35.7 Å². The van der Waals surface area contributed by atoms with Crippen LogP contribution in [0, 0.1) is 11.3 Å². The van der Waals surface area contributed by atoms with E-state index in [0.717, 1.165) is 18.5 Å². The minimum atomic E-state index is 0.400. The number of rotatable bonds is 2. The van der Waals surface area contributed by atoms with E-state index in [1.165, 1.54) is 11.1 Å². The van der Waals surface area contributed by atoms with Crippen LogP contribution in [-0.4, -0.2) is 6.04 Å². The molecule has 3 rings (SSSR count). The molecule has 1 aliphatic rings.